The van der Waals surface area contributed by atoms with Gasteiger partial charge >= 0.3 is 6.18 Å². The number of alkyl halides is 3. The zero-order valence-electron chi connectivity index (χ0n) is 8.35. The van der Waals surface area contributed by atoms with Crippen molar-refractivity contribution in [3.63, 3.8) is 0 Å². The van der Waals surface area contributed by atoms with E-state index in [-0.39, 0.29) is 17.1 Å². The largest absolute Gasteiger partial charge is 0.416 e. The van der Waals surface area contributed by atoms with E-state index in [1.165, 1.54) is 12.1 Å². The Morgan fingerprint density at radius 3 is 2.47 bits per heavy atom. The molecule has 3 N–H and O–H groups in total. The van der Waals surface area contributed by atoms with Gasteiger partial charge in [0.1, 0.15) is 5.69 Å². The molecule has 3 nitrogen and oxygen atoms in total. The van der Waals surface area contributed by atoms with Gasteiger partial charge in [-0.3, -0.25) is 5.10 Å². The fourth-order valence-electron chi connectivity index (χ4n) is 1.38. The number of aromatic nitrogens is 2. The van der Waals surface area contributed by atoms with Gasteiger partial charge in [0.05, 0.1) is 5.56 Å². The van der Waals surface area contributed by atoms with E-state index in [0.29, 0.717) is 0 Å². The first-order valence-electron chi connectivity index (χ1n) is 4.56. The lowest BCUT2D eigenvalue weighted by atomic mass is 10.1. The maximum Gasteiger partial charge on any atom is 0.416 e. The highest BCUT2D eigenvalue weighted by atomic mass is 19.4. The normalized spacial score (nSPS) is 11.8. The van der Waals surface area contributed by atoms with Gasteiger partial charge in [-0.25, -0.2) is 4.39 Å². The first kappa shape index (κ1) is 11.4. The maximum absolute atomic E-state index is 13.4. The van der Waals surface area contributed by atoms with Crippen LogP contribution in [0.1, 0.15) is 5.56 Å². The molecule has 0 unspecified atom stereocenters. The fraction of sp³-hybridized carbons (Fsp3) is 0.100. The van der Waals surface area contributed by atoms with Gasteiger partial charge in [-0.1, -0.05) is 12.1 Å². The van der Waals surface area contributed by atoms with Gasteiger partial charge in [0.25, 0.3) is 0 Å². The van der Waals surface area contributed by atoms with Crippen molar-refractivity contribution >= 4 is 5.82 Å². The molecule has 7 heteroatoms. The summed E-state index contributed by atoms with van der Waals surface area (Å²) < 4.78 is 50.7. The molecule has 2 aromatic rings. The molecule has 0 radical (unpaired) electrons. The monoisotopic (exact) mass is 245 g/mol. The summed E-state index contributed by atoms with van der Waals surface area (Å²) in [5.41, 5.74) is 4.19. The predicted octanol–water partition coefficient (Wildman–Crippen LogP) is 2.82. The van der Waals surface area contributed by atoms with E-state index in [1.54, 1.807) is 0 Å². The highest BCUT2D eigenvalue weighted by Crippen LogP contribution is 2.32. The number of nitrogens with zero attached hydrogens (tertiary/aromatic N) is 1. The van der Waals surface area contributed by atoms with Crippen LogP contribution >= 0.6 is 0 Å². The molecule has 0 saturated heterocycles. The minimum Gasteiger partial charge on any atom is -0.380 e. The van der Waals surface area contributed by atoms with Crippen LogP contribution in [-0.2, 0) is 6.18 Å². The Kier molecular flexibility index (Phi) is 2.53. The number of aromatic amines is 1. The van der Waals surface area contributed by atoms with Gasteiger partial charge in [-0.05, 0) is 12.1 Å². The van der Waals surface area contributed by atoms with Crippen LogP contribution in [0.15, 0.2) is 24.3 Å². The minimum atomic E-state index is -4.47. The zero-order valence-corrected chi connectivity index (χ0v) is 8.35. The number of nitrogens with one attached hydrogen (secondary N) is 1. The Morgan fingerprint density at radius 2 is 1.94 bits per heavy atom. The van der Waals surface area contributed by atoms with Crippen LogP contribution in [0.4, 0.5) is 23.4 Å². The Bertz CT molecular complexity index is 545. The molecule has 17 heavy (non-hydrogen) atoms. The van der Waals surface area contributed by atoms with Crippen molar-refractivity contribution in [2.24, 2.45) is 0 Å². The maximum atomic E-state index is 13.4. The molecule has 1 aromatic carbocycles. The lowest BCUT2D eigenvalue weighted by Crippen LogP contribution is -2.04. The molecule has 2 rings (SSSR count). The van der Waals surface area contributed by atoms with E-state index < -0.39 is 17.6 Å². The molecule has 0 aliphatic carbocycles. The van der Waals surface area contributed by atoms with Crippen LogP contribution in [0, 0.1) is 5.82 Å². The molecule has 0 fully saturated rings. The Morgan fingerprint density at radius 1 is 1.24 bits per heavy atom. The van der Waals surface area contributed by atoms with E-state index in [9.17, 15) is 17.6 Å². The lowest BCUT2D eigenvalue weighted by Gasteiger charge is -2.07. The summed E-state index contributed by atoms with van der Waals surface area (Å²) in [5.74, 6) is -1.23. The second kappa shape index (κ2) is 3.76. The van der Waals surface area contributed by atoms with Gasteiger partial charge in [-0.2, -0.15) is 18.3 Å². The SMILES string of the molecule is Nc1n[nH]c(-c2cccc(C(F)(F)F)c2)c1F. The number of benzene rings is 1. The standard InChI is InChI=1S/C10H7F4N3/c11-7-8(16-17-9(7)15)5-2-1-3-6(4-5)10(12,13)14/h1-4H,(H3,15,16,17). The van der Waals surface area contributed by atoms with Crippen molar-refractivity contribution in [1.29, 1.82) is 0 Å². The molecule has 0 bridgehead atoms. The summed E-state index contributed by atoms with van der Waals surface area (Å²) in [6, 6.07) is 4.26. The molecule has 0 aliphatic rings. The number of nitrogens with two attached hydrogens (primary N) is 1. The summed E-state index contributed by atoms with van der Waals surface area (Å²) in [4.78, 5) is 0. The number of nitrogen functional groups attached to an aromatic ring is 1. The van der Waals surface area contributed by atoms with Crippen LogP contribution in [0.3, 0.4) is 0 Å². The number of hydrogen-bond donors (Lipinski definition) is 2. The molecule has 0 atom stereocenters. The predicted molar refractivity (Wildman–Crippen MR) is 53.4 cm³/mol. The molecule has 0 spiro atoms. The average molecular weight is 245 g/mol. The van der Waals surface area contributed by atoms with Gasteiger partial charge in [0, 0.05) is 5.56 Å². The number of rotatable bonds is 1. The van der Waals surface area contributed by atoms with Gasteiger partial charge in [0.2, 0.25) is 0 Å². The topological polar surface area (TPSA) is 54.7 Å². The van der Waals surface area contributed by atoms with E-state index in [2.05, 4.69) is 10.2 Å². The van der Waals surface area contributed by atoms with Crippen molar-refractivity contribution in [2.45, 2.75) is 6.18 Å². The van der Waals surface area contributed by atoms with Crippen molar-refractivity contribution in [1.82, 2.24) is 10.2 Å². The molecule has 1 aromatic heterocycles. The third kappa shape index (κ3) is 2.08. The van der Waals surface area contributed by atoms with Gasteiger partial charge in [0.15, 0.2) is 11.6 Å². The highest BCUT2D eigenvalue weighted by molar-refractivity contribution is 5.64. The lowest BCUT2D eigenvalue weighted by molar-refractivity contribution is -0.137. The molecule has 0 amide bonds. The zero-order chi connectivity index (χ0) is 12.6. The average Bonchev–Trinajstić information content (AvgIpc) is 2.59. The van der Waals surface area contributed by atoms with Crippen LogP contribution in [-0.4, -0.2) is 10.2 Å². The number of halogens is 4. The first-order chi connectivity index (χ1) is 7.89. The van der Waals surface area contributed by atoms with E-state index in [4.69, 9.17) is 5.73 Å². The Labute approximate surface area is 93.3 Å². The van der Waals surface area contributed by atoms with E-state index in [1.807, 2.05) is 0 Å². The van der Waals surface area contributed by atoms with Gasteiger partial charge in [-0.15, -0.1) is 0 Å². The summed E-state index contributed by atoms with van der Waals surface area (Å²) in [6.45, 7) is 0. The second-order valence-electron chi connectivity index (χ2n) is 3.38. The molecule has 0 aliphatic heterocycles. The smallest absolute Gasteiger partial charge is 0.380 e. The van der Waals surface area contributed by atoms with Crippen molar-refractivity contribution in [2.75, 3.05) is 5.73 Å². The van der Waals surface area contributed by atoms with Crippen molar-refractivity contribution in [3.8, 4) is 11.3 Å². The second-order valence-corrected chi connectivity index (χ2v) is 3.38. The highest BCUT2D eigenvalue weighted by Gasteiger charge is 2.30. The molecule has 90 valence electrons. The van der Waals surface area contributed by atoms with E-state index in [0.717, 1.165) is 12.1 Å². The number of hydrogen-bond acceptors (Lipinski definition) is 2. The van der Waals surface area contributed by atoms with Crippen LogP contribution in [0.2, 0.25) is 0 Å². The number of anilines is 1. The van der Waals surface area contributed by atoms with Crippen LogP contribution in [0.25, 0.3) is 11.3 Å². The Hall–Kier alpha value is -2.05. The molecule has 1 heterocycles. The van der Waals surface area contributed by atoms with Crippen molar-refractivity contribution in [3.05, 3.63) is 35.6 Å². The molecule has 0 saturated carbocycles. The molecular formula is C10H7F4N3. The quantitative estimate of drug-likeness (QED) is 0.759. The summed E-state index contributed by atoms with van der Waals surface area (Å²) in [5, 5.41) is 5.63. The first-order valence-corrected chi connectivity index (χ1v) is 4.56. The summed E-state index contributed by atoms with van der Waals surface area (Å²) >= 11 is 0. The van der Waals surface area contributed by atoms with Crippen LogP contribution in [0.5, 0.6) is 0 Å². The Balaban J connectivity index is 2.51. The van der Waals surface area contributed by atoms with Crippen LogP contribution < -0.4 is 5.73 Å². The number of H-pyrrole nitrogens is 1. The molecular weight excluding hydrogens is 238 g/mol. The fourth-order valence-corrected chi connectivity index (χ4v) is 1.38. The van der Waals surface area contributed by atoms with Crippen molar-refractivity contribution < 1.29 is 17.6 Å². The van der Waals surface area contributed by atoms with Gasteiger partial charge < -0.3 is 5.73 Å². The minimum absolute atomic E-state index is 0.0431. The third-order valence-corrected chi connectivity index (χ3v) is 2.21. The summed E-state index contributed by atoms with van der Waals surface area (Å²) in [7, 11) is 0. The third-order valence-electron chi connectivity index (χ3n) is 2.21. The van der Waals surface area contributed by atoms with E-state index >= 15 is 0 Å². The summed E-state index contributed by atoms with van der Waals surface area (Å²) in [6.07, 6.45) is -4.47.